The van der Waals surface area contributed by atoms with Crippen LogP contribution in [0.5, 0.6) is 5.75 Å². The molecule has 0 radical (unpaired) electrons. The number of H-pyrrole nitrogens is 1. The molecule has 0 unspecified atom stereocenters. The van der Waals surface area contributed by atoms with Gasteiger partial charge in [0.05, 0.1) is 7.11 Å². The maximum atomic E-state index is 10.6. The van der Waals surface area contributed by atoms with Crippen LogP contribution >= 0.6 is 0 Å². The molecule has 0 aliphatic carbocycles. The molecule has 2 rings (SSSR count). The molecule has 0 spiro atoms. The second kappa shape index (κ2) is 10.2. The normalized spacial score (nSPS) is 11.6. The zero-order valence-corrected chi connectivity index (χ0v) is 16.1. The first-order valence-electron chi connectivity index (χ1n) is 8.75. The van der Waals surface area contributed by atoms with Crippen molar-refractivity contribution in [2.75, 3.05) is 26.7 Å². The minimum absolute atomic E-state index is 0.715. The molecule has 0 fully saturated rings. The molecular weight excluding hydrogens is 361 g/mol. The Morgan fingerprint density at radius 2 is 1.96 bits per heavy atom. The number of benzene rings is 1. The molecule has 1 aromatic heterocycles. The number of nitrogens with zero attached hydrogens (tertiary/aromatic N) is 1. The highest BCUT2D eigenvalue weighted by Crippen LogP contribution is 2.28. The number of ether oxygens (including phenoxy) is 1. The van der Waals surface area contributed by atoms with Crippen LogP contribution in [0.4, 0.5) is 13.2 Å². The summed E-state index contributed by atoms with van der Waals surface area (Å²) >= 11 is 0. The van der Waals surface area contributed by atoms with Crippen LogP contribution in [-0.4, -0.2) is 53.9 Å². The number of hydrogen-bond acceptors (Lipinski definition) is 3. The highest BCUT2D eigenvalue weighted by Gasteiger charge is 2.38. The fraction of sp³-hybridized carbons (Fsp3) is 0.526. The number of hydrogen-bond donors (Lipinski definition) is 2. The van der Waals surface area contributed by atoms with E-state index in [9.17, 15) is 13.2 Å². The number of alkyl halides is 3. The first kappa shape index (κ1) is 22.8. The van der Waals surface area contributed by atoms with Crippen molar-refractivity contribution in [2.45, 2.75) is 33.4 Å². The predicted molar refractivity (Wildman–Crippen MR) is 99.2 cm³/mol. The molecule has 5 nitrogen and oxygen atoms in total. The summed E-state index contributed by atoms with van der Waals surface area (Å²) in [6.07, 6.45) is -1.91. The number of methoxy groups -OCH3 is 1. The highest BCUT2D eigenvalue weighted by molar-refractivity contribution is 5.89. The highest BCUT2D eigenvalue weighted by atomic mass is 19.4. The predicted octanol–water partition coefficient (Wildman–Crippen LogP) is 4.33. The Morgan fingerprint density at radius 3 is 2.44 bits per heavy atom. The van der Waals surface area contributed by atoms with Gasteiger partial charge in [0.2, 0.25) is 0 Å². The Bertz CT molecular complexity index is 727. The third-order valence-corrected chi connectivity index (χ3v) is 3.98. The van der Waals surface area contributed by atoms with Gasteiger partial charge in [-0.2, -0.15) is 13.2 Å². The number of aromatic nitrogens is 1. The van der Waals surface area contributed by atoms with Gasteiger partial charge in [-0.3, -0.25) is 0 Å². The lowest BCUT2D eigenvalue weighted by atomic mass is 10.1. The van der Waals surface area contributed by atoms with Crippen LogP contribution in [-0.2, 0) is 11.2 Å². The monoisotopic (exact) mass is 388 g/mol. The van der Waals surface area contributed by atoms with Crippen LogP contribution in [0.1, 0.15) is 26.3 Å². The summed E-state index contributed by atoms with van der Waals surface area (Å²) in [4.78, 5) is 14.8. The molecule has 1 aromatic carbocycles. The average molecular weight is 388 g/mol. The van der Waals surface area contributed by atoms with Gasteiger partial charge in [0.25, 0.3) is 0 Å². The molecule has 0 bridgehead atoms. The first-order valence-corrected chi connectivity index (χ1v) is 8.75. The van der Waals surface area contributed by atoms with Gasteiger partial charge in [-0.1, -0.05) is 26.8 Å². The molecule has 152 valence electrons. The van der Waals surface area contributed by atoms with Gasteiger partial charge in [0.1, 0.15) is 5.75 Å². The summed E-state index contributed by atoms with van der Waals surface area (Å²) in [6.45, 7) is 10.2. The van der Waals surface area contributed by atoms with Crippen molar-refractivity contribution in [3.8, 4) is 5.75 Å². The van der Waals surface area contributed by atoms with E-state index in [1.807, 2.05) is 12.1 Å². The third kappa shape index (κ3) is 7.13. The average Bonchev–Trinajstić information content (AvgIpc) is 3.01. The van der Waals surface area contributed by atoms with E-state index in [1.54, 1.807) is 7.11 Å². The Hall–Kier alpha value is -2.22. The van der Waals surface area contributed by atoms with Gasteiger partial charge in [0, 0.05) is 30.2 Å². The molecule has 27 heavy (non-hydrogen) atoms. The Kier molecular flexibility index (Phi) is 8.62. The number of carboxylic acids is 1. The lowest BCUT2D eigenvalue weighted by Gasteiger charge is -2.22. The second-order valence-electron chi connectivity index (χ2n) is 6.54. The van der Waals surface area contributed by atoms with Crippen molar-refractivity contribution in [1.82, 2.24) is 9.88 Å². The molecule has 0 aliphatic heterocycles. The number of nitrogens with one attached hydrogen (secondary N) is 1. The topological polar surface area (TPSA) is 65.6 Å². The lowest BCUT2D eigenvalue weighted by Crippen LogP contribution is -2.29. The van der Waals surface area contributed by atoms with E-state index in [2.05, 4.69) is 42.9 Å². The summed E-state index contributed by atoms with van der Waals surface area (Å²) in [7, 11) is 1.74. The number of fused-ring (bicyclic) bond motifs is 1. The number of rotatable bonds is 7. The van der Waals surface area contributed by atoms with E-state index in [-0.39, 0.29) is 0 Å². The third-order valence-electron chi connectivity index (χ3n) is 3.98. The van der Waals surface area contributed by atoms with Crippen LogP contribution in [0, 0.1) is 5.92 Å². The van der Waals surface area contributed by atoms with Gasteiger partial charge in [0.15, 0.2) is 0 Å². The van der Waals surface area contributed by atoms with Crippen molar-refractivity contribution in [3.05, 3.63) is 30.0 Å². The maximum absolute atomic E-state index is 10.6. The van der Waals surface area contributed by atoms with Crippen LogP contribution < -0.4 is 4.74 Å². The summed E-state index contributed by atoms with van der Waals surface area (Å²) in [5, 5.41) is 8.36. The molecule has 0 saturated heterocycles. The van der Waals surface area contributed by atoms with Crippen LogP contribution in [0.25, 0.3) is 10.9 Å². The van der Waals surface area contributed by atoms with E-state index >= 15 is 0 Å². The van der Waals surface area contributed by atoms with Crippen LogP contribution in [0.15, 0.2) is 24.4 Å². The van der Waals surface area contributed by atoms with E-state index in [4.69, 9.17) is 14.6 Å². The summed E-state index contributed by atoms with van der Waals surface area (Å²) in [5.74, 6) is -1.08. The number of carbonyl (C=O) groups is 1. The zero-order chi connectivity index (χ0) is 20.6. The van der Waals surface area contributed by atoms with Crippen molar-refractivity contribution >= 4 is 16.9 Å². The van der Waals surface area contributed by atoms with Gasteiger partial charge in [-0.15, -0.1) is 0 Å². The fourth-order valence-corrected chi connectivity index (χ4v) is 2.76. The molecule has 0 atom stereocenters. The summed E-state index contributed by atoms with van der Waals surface area (Å²) < 4.78 is 37.2. The SMILES string of the molecule is CCN(CCc1c[nH]c2cccc(OC)c12)CC(C)C.O=C(O)C(F)(F)F. The van der Waals surface area contributed by atoms with Crippen molar-refractivity contribution in [1.29, 1.82) is 0 Å². The number of halogens is 3. The molecule has 8 heteroatoms. The Labute approximate surface area is 157 Å². The number of aliphatic carboxylic acids is 1. The molecule has 2 N–H and O–H groups in total. The Morgan fingerprint density at radius 1 is 1.33 bits per heavy atom. The summed E-state index contributed by atoms with van der Waals surface area (Å²) in [6, 6.07) is 6.16. The summed E-state index contributed by atoms with van der Waals surface area (Å²) in [5.41, 5.74) is 2.51. The number of carboxylic acid groups (broad SMARTS) is 1. The van der Waals surface area contributed by atoms with E-state index < -0.39 is 12.1 Å². The molecule has 0 aliphatic rings. The quantitative estimate of drug-likeness (QED) is 0.741. The van der Waals surface area contributed by atoms with Gasteiger partial charge >= 0.3 is 12.1 Å². The zero-order valence-electron chi connectivity index (χ0n) is 16.1. The van der Waals surface area contributed by atoms with Gasteiger partial charge in [-0.05, 0) is 36.6 Å². The van der Waals surface area contributed by atoms with E-state index in [0.717, 1.165) is 37.3 Å². The van der Waals surface area contributed by atoms with Crippen LogP contribution in [0.2, 0.25) is 0 Å². The maximum Gasteiger partial charge on any atom is 0.490 e. The van der Waals surface area contributed by atoms with Gasteiger partial charge < -0.3 is 19.7 Å². The van der Waals surface area contributed by atoms with Crippen molar-refractivity contribution in [3.63, 3.8) is 0 Å². The minimum Gasteiger partial charge on any atom is -0.496 e. The first-order chi connectivity index (χ1) is 12.6. The number of likely N-dealkylation sites (N-methyl/N-ethyl adjacent to an activating group) is 1. The molecule has 1 heterocycles. The number of aromatic amines is 1. The standard InChI is InChI=1S/C17H26N2O.C2HF3O2/c1-5-19(12-13(2)3)10-9-14-11-18-15-7-6-8-16(20-4)17(14)15;3-2(4,5)1(6)7/h6-8,11,13,18H,5,9-10,12H2,1-4H3;(H,6,7). The smallest absolute Gasteiger partial charge is 0.490 e. The van der Waals surface area contributed by atoms with Crippen molar-refractivity contribution in [2.24, 2.45) is 5.92 Å². The fourth-order valence-electron chi connectivity index (χ4n) is 2.76. The van der Waals surface area contributed by atoms with Crippen molar-refractivity contribution < 1.29 is 27.8 Å². The molecule has 2 aromatic rings. The largest absolute Gasteiger partial charge is 0.496 e. The Balaban J connectivity index is 0.000000445. The molecule has 0 amide bonds. The van der Waals surface area contributed by atoms with E-state index in [1.165, 1.54) is 10.9 Å². The molecular formula is C19H27F3N2O3. The molecule has 0 saturated carbocycles. The van der Waals surface area contributed by atoms with Gasteiger partial charge in [-0.25, -0.2) is 4.79 Å². The lowest BCUT2D eigenvalue weighted by molar-refractivity contribution is -0.192. The van der Waals surface area contributed by atoms with E-state index in [0.29, 0.717) is 5.92 Å². The minimum atomic E-state index is -5.08. The van der Waals surface area contributed by atoms with Crippen LogP contribution in [0.3, 0.4) is 0 Å². The second-order valence-corrected chi connectivity index (χ2v) is 6.54.